The molecule has 9 heteroatoms. The number of aryl methyl sites for hydroxylation is 3. The van der Waals surface area contributed by atoms with Crippen LogP contribution in [-0.4, -0.2) is 16.7 Å². The number of hydrogen-bond donors (Lipinski definition) is 1. The van der Waals surface area contributed by atoms with Gasteiger partial charge in [-0.05, 0) is 80.3 Å². The van der Waals surface area contributed by atoms with Crippen molar-refractivity contribution in [2.24, 2.45) is 5.92 Å². The van der Waals surface area contributed by atoms with Crippen LogP contribution in [-0.2, 0) is 28.6 Å². The van der Waals surface area contributed by atoms with Crippen LogP contribution in [0.15, 0.2) is 54.7 Å². The Balaban J connectivity index is 1.20. The molecule has 2 aromatic carbocycles. The molecule has 1 amide bonds. The van der Waals surface area contributed by atoms with Gasteiger partial charge in [0, 0.05) is 37.1 Å². The van der Waals surface area contributed by atoms with Crippen molar-refractivity contribution in [3.05, 3.63) is 82.8 Å². The number of Topliss-reactive ketones (excluding diaryl/α,β-unsaturated/α-hetero) is 1. The maximum absolute atomic E-state index is 14.6. The molecule has 1 N–H and O–H groups in total. The average Bonchev–Trinajstić information content (AvgIpc) is 3.72. The van der Waals surface area contributed by atoms with Crippen molar-refractivity contribution in [1.82, 2.24) is 4.98 Å². The predicted molar refractivity (Wildman–Crippen MR) is 139 cm³/mol. The minimum absolute atomic E-state index is 0.000728. The van der Waals surface area contributed by atoms with Gasteiger partial charge in [0.25, 0.3) is 0 Å². The largest absolute Gasteiger partial charge is 0.457 e. The first-order chi connectivity index (χ1) is 18.6. The topological polar surface area (TPSA) is 68.3 Å². The van der Waals surface area contributed by atoms with E-state index in [1.54, 1.807) is 30.3 Å². The Morgan fingerprint density at radius 2 is 1.69 bits per heavy atom. The number of amides is 1. The van der Waals surface area contributed by atoms with Crippen LogP contribution in [0.2, 0.25) is 0 Å². The van der Waals surface area contributed by atoms with E-state index in [-0.39, 0.29) is 36.0 Å². The summed E-state index contributed by atoms with van der Waals surface area (Å²) in [7, 11) is 0. The molecule has 0 spiro atoms. The lowest BCUT2D eigenvalue weighted by atomic mass is 9.99. The Kier molecular flexibility index (Phi) is 8.99. The fraction of sp³-hybridized carbons (Fsp3) is 0.367. The highest BCUT2D eigenvalue weighted by atomic mass is 19.4. The first kappa shape index (κ1) is 28.3. The van der Waals surface area contributed by atoms with Gasteiger partial charge in [-0.15, -0.1) is 0 Å². The molecule has 0 bridgehead atoms. The Morgan fingerprint density at radius 3 is 2.38 bits per heavy atom. The highest BCUT2D eigenvalue weighted by molar-refractivity contribution is 5.93. The van der Waals surface area contributed by atoms with Crippen LogP contribution in [0.4, 0.5) is 23.4 Å². The first-order valence-electron chi connectivity index (χ1n) is 13.0. The lowest BCUT2D eigenvalue weighted by Gasteiger charge is -2.12. The molecular weight excluding hydrogens is 512 g/mol. The van der Waals surface area contributed by atoms with Crippen LogP contribution >= 0.6 is 0 Å². The van der Waals surface area contributed by atoms with Crippen molar-refractivity contribution in [3.63, 3.8) is 0 Å². The first-order valence-corrected chi connectivity index (χ1v) is 13.0. The number of carbonyl (C=O) groups is 2. The minimum atomic E-state index is -4.40. The number of halogens is 4. The molecule has 1 aliphatic carbocycles. The summed E-state index contributed by atoms with van der Waals surface area (Å²) in [4.78, 5) is 28.3. The number of nitrogens with one attached hydrogen (secondary N) is 1. The van der Waals surface area contributed by atoms with Crippen LogP contribution in [0, 0.1) is 18.7 Å². The van der Waals surface area contributed by atoms with Crippen molar-refractivity contribution in [3.8, 4) is 11.5 Å². The Morgan fingerprint density at radius 1 is 0.974 bits per heavy atom. The summed E-state index contributed by atoms with van der Waals surface area (Å²) in [5, 5.41) is 2.74. The number of carbonyl (C=O) groups excluding carboxylic acids is 2. The summed E-state index contributed by atoms with van der Waals surface area (Å²) in [6, 6.07) is 12.0. The van der Waals surface area contributed by atoms with Crippen molar-refractivity contribution in [2.45, 2.75) is 64.5 Å². The number of ketones is 1. The summed E-state index contributed by atoms with van der Waals surface area (Å²) in [6.07, 6.45) is 1.08. The molecule has 0 aliphatic heterocycles. The normalized spacial score (nSPS) is 13.3. The van der Waals surface area contributed by atoms with Gasteiger partial charge in [-0.2, -0.15) is 13.2 Å². The van der Waals surface area contributed by atoms with Crippen LogP contribution in [0.3, 0.4) is 0 Å². The van der Waals surface area contributed by atoms with Gasteiger partial charge in [0.15, 0.2) is 0 Å². The van der Waals surface area contributed by atoms with E-state index in [9.17, 15) is 27.2 Å². The number of ether oxygens (including phenoxy) is 1. The predicted octanol–water partition coefficient (Wildman–Crippen LogP) is 7.60. The van der Waals surface area contributed by atoms with Gasteiger partial charge in [-0.1, -0.05) is 18.2 Å². The number of nitrogens with zero attached hydrogens (tertiary/aromatic N) is 1. The number of rotatable bonds is 12. The van der Waals surface area contributed by atoms with Gasteiger partial charge in [0.1, 0.15) is 28.9 Å². The van der Waals surface area contributed by atoms with Crippen molar-refractivity contribution in [2.75, 3.05) is 5.32 Å². The molecular formula is C30H30F4N2O3. The van der Waals surface area contributed by atoms with E-state index in [4.69, 9.17) is 4.74 Å². The zero-order valence-corrected chi connectivity index (χ0v) is 21.6. The van der Waals surface area contributed by atoms with Gasteiger partial charge in [-0.25, -0.2) is 9.37 Å². The molecule has 1 aromatic heterocycles. The van der Waals surface area contributed by atoms with E-state index in [2.05, 4.69) is 10.3 Å². The third kappa shape index (κ3) is 8.37. The number of benzene rings is 2. The Labute approximate surface area is 224 Å². The molecule has 39 heavy (non-hydrogen) atoms. The van der Waals surface area contributed by atoms with Crippen LogP contribution in [0.25, 0.3) is 0 Å². The van der Waals surface area contributed by atoms with E-state index in [0.29, 0.717) is 54.1 Å². The fourth-order valence-electron chi connectivity index (χ4n) is 4.27. The third-order valence-corrected chi connectivity index (χ3v) is 6.62. The van der Waals surface area contributed by atoms with Crippen molar-refractivity contribution >= 4 is 17.5 Å². The summed E-state index contributed by atoms with van der Waals surface area (Å²) in [5.41, 5.74) is 0.542. The molecule has 1 aliphatic rings. The SMILES string of the molecule is Cc1ccc(CCCC(=O)CCCc2ccc(Oc3ccnc(NC(=O)C4CC4)c3)cc2F)cc1C(F)(F)F. The maximum atomic E-state index is 14.6. The molecule has 3 aromatic rings. The molecule has 1 fully saturated rings. The summed E-state index contributed by atoms with van der Waals surface area (Å²) in [5.74, 6) is 0.603. The van der Waals surface area contributed by atoms with Crippen LogP contribution in [0.1, 0.15) is 60.8 Å². The van der Waals surface area contributed by atoms with Crippen molar-refractivity contribution < 1.29 is 31.9 Å². The lowest BCUT2D eigenvalue weighted by Crippen LogP contribution is -2.14. The van der Waals surface area contributed by atoms with Gasteiger partial charge >= 0.3 is 6.18 Å². The fourth-order valence-corrected chi connectivity index (χ4v) is 4.27. The number of pyridine rings is 1. The standard InChI is InChI=1S/C30H30F4N2O3/c1-19-8-9-20(16-26(19)30(32,33)34)4-2-6-23(37)7-3-5-21-12-13-24(17-27(21)31)39-25-14-15-35-28(18-25)36-29(38)22-10-11-22/h8-9,12-18,22H,2-7,10-11H2,1H3,(H,35,36,38). The third-order valence-electron chi connectivity index (χ3n) is 6.62. The number of aromatic nitrogens is 1. The quantitative estimate of drug-likeness (QED) is 0.239. The average molecular weight is 543 g/mol. The lowest BCUT2D eigenvalue weighted by molar-refractivity contribution is -0.138. The molecule has 1 saturated carbocycles. The Hall–Kier alpha value is -3.75. The molecule has 0 unspecified atom stereocenters. The molecule has 206 valence electrons. The van der Waals surface area contributed by atoms with Gasteiger partial charge in [-0.3, -0.25) is 9.59 Å². The van der Waals surface area contributed by atoms with E-state index in [0.717, 1.165) is 18.9 Å². The molecule has 4 rings (SSSR count). The van der Waals surface area contributed by atoms with E-state index in [1.807, 2.05) is 0 Å². The molecule has 0 saturated heterocycles. The molecule has 1 heterocycles. The maximum Gasteiger partial charge on any atom is 0.416 e. The summed E-state index contributed by atoms with van der Waals surface area (Å²) in [6.45, 7) is 1.43. The second kappa shape index (κ2) is 12.4. The minimum Gasteiger partial charge on any atom is -0.457 e. The van der Waals surface area contributed by atoms with Crippen molar-refractivity contribution in [1.29, 1.82) is 0 Å². The number of hydrogen-bond acceptors (Lipinski definition) is 4. The molecule has 5 nitrogen and oxygen atoms in total. The summed E-state index contributed by atoms with van der Waals surface area (Å²) >= 11 is 0. The zero-order valence-electron chi connectivity index (χ0n) is 21.6. The smallest absolute Gasteiger partial charge is 0.416 e. The zero-order chi connectivity index (χ0) is 28.0. The summed E-state index contributed by atoms with van der Waals surface area (Å²) < 4.78 is 59.6. The van der Waals surface area contributed by atoms with E-state index in [1.165, 1.54) is 25.3 Å². The van der Waals surface area contributed by atoms with Gasteiger partial charge in [0.2, 0.25) is 5.91 Å². The highest BCUT2D eigenvalue weighted by Crippen LogP contribution is 2.33. The van der Waals surface area contributed by atoms with Crippen LogP contribution in [0.5, 0.6) is 11.5 Å². The van der Waals surface area contributed by atoms with Gasteiger partial charge < -0.3 is 10.1 Å². The molecule has 0 radical (unpaired) electrons. The monoisotopic (exact) mass is 542 g/mol. The Bertz CT molecular complexity index is 1340. The second-order valence-electron chi connectivity index (χ2n) is 9.89. The van der Waals surface area contributed by atoms with Gasteiger partial charge in [0.05, 0.1) is 5.56 Å². The highest BCUT2D eigenvalue weighted by Gasteiger charge is 2.32. The second-order valence-corrected chi connectivity index (χ2v) is 9.89. The number of alkyl halides is 3. The van der Waals surface area contributed by atoms with Crippen LogP contribution < -0.4 is 10.1 Å². The van der Waals surface area contributed by atoms with E-state index >= 15 is 0 Å². The molecule has 0 atom stereocenters. The number of anilines is 1. The van der Waals surface area contributed by atoms with E-state index < -0.39 is 17.6 Å².